The smallest absolute Gasteiger partial charge is 0.311 e. The minimum atomic E-state index is -4.03. The average molecular weight is 517 g/mol. The van der Waals surface area contributed by atoms with E-state index in [-0.39, 0.29) is 9.92 Å². The third kappa shape index (κ3) is 5.16. The Hall–Kier alpha value is -2.36. The molecule has 4 rings (SSSR count). The zero-order chi connectivity index (χ0) is 24.3. The standard InChI is InChI=1S/C25H27ClN3O3S2/c1-2-29-24(28(16-19-9-5-3-6-10-19)17-20-11-7-4-8-12-20)33-18-25(29,30)21-13-14-22(26)23(15-21)34(27,31)32/h3-15,30H,2,16-18H2,1H3,(H2,27,31,32)/q+1. The summed E-state index contributed by atoms with van der Waals surface area (Å²) < 4.78 is 26.3. The van der Waals surface area contributed by atoms with Crippen molar-refractivity contribution in [2.24, 2.45) is 5.14 Å². The van der Waals surface area contributed by atoms with Gasteiger partial charge in [0.15, 0.2) is 0 Å². The Morgan fingerprint density at radius 1 is 1.03 bits per heavy atom. The second kappa shape index (κ2) is 10.1. The minimum Gasteiger partial charge on any atom is -0.349 e. The summed E-state index contributed by atoms with van der Waals surface area (Å²) in [6.07, 6.45) is 0. The topological polar surface area (TPSA) is 86.6 Å². The summed E-state index contributed by atoms with van der Waals surface area (Å²) in [6, 6.07) is 24.9. The Morgan fingerprint density at radius 3 is 2.09 bits per heavy atom. The number of amidine groups is 1. The van der Waals surface area contributed by atoms with Crippen molar-refractivity contribution in [3.63, 3.8) is 0 Å². The zero-order valence-electron chi connectivity index (χ0n) is 18.8. The Kier molecular flexibility index (Phi) is 7.35. The molecule has 0 aliphatic carbocycles. The highest BCUT2D eigenvalue weighted by atomic mass is 35.5. The summed E-state index contributed by atoms with van der Waals surface area (Å²) in [7, 11) is -4.03. The van der Waals surface area contributed by atoms with Crippen molar-refractivity contribution >= 4 is 38.6 Å². The van der Waals surface area contributed by atoms with Crippen LogP contribution in [-0.4, -0.2) is 40.5 Å². The lowest BCUT2D eigenvalue weighted by Gasteiger charge is -2.29. The number of hydrogen-bond donors (Lipinski definition) is 2. The number of primary sulfonamides is 1. The van der Waals surface area contributed by atoms with E-state index in [2.05, 4.69) is 28.8 Å². The quantitative estimate of drug-likeness (QED) is 0.464. The van der Waals surface area contributed by atoms with E-state index in [9.17, 15) is 13.5 Å². The molecule has 0 spiro atoms. The summed E-state index contributed by atoms with van der Waals surface area (Å²) in [5.74, 6) is 0.335. The molecule has 0 amide bonds. The first-order chi connectivity index (χ1) is 16.2. The molecule has 178 valence electrons. The Morgan fingerprint density at radius 2 is 1.59 bits per heavy atom. The van der Waals surface area contributed by atoms with Gasteiger partial charge in [-0.15, -0.1) is 0 Å². The van der Waals surface area contributed by atoms with Gasteiger partial charge in [0.1, 0.15) is 18.0 Å². The SMILES string of the molecule is CCN1C(=[N+](Cc2ccccc2)Cc2ccccc2)SCC1(O)c1ccc(Cl)c(S(N)(=O)=O)c1. The van der Waals surface area contributed by atoms with Crippen LogP contribution >= 0.6 is 23.4 Å². The summed E-state index contributed by atoms with van der Waals surface area (Å²) >= 11 is 7.64. The van der Waals surface area contributed by atoms with Gasteiger partial charge in [-0.3, -0.25) is 0 Å². The van der Waals surface area contributed by atoms with Crippen LogP contribution in [0.4, 0.5) is 0 Å². The molecule has 1 aliphatic heterocycles. The van der Waals surface area contributed by atoms with Crippen molar-refractivity contribution in [2.45, 2.75) is 30.6 Å². The van der Waals surface area contributed by atoms with E-state index in [1.54, 1.807) is 17.8 Å². The van der Waals surface area contributed by atoms with Gasteiger partial charge in [-0.2, -0.15) is 0 Å². The van der Waals surface area contributed by atoms with Gasteiger partial charge < -0.3 is 5.11 Å². The van der Waals surface area contributed by atoms with Crippen LogP contribution in [0.2, 0.25) is 5.02 Å². The molecule has 0 bridgehead atoms. The van der Waals surface area contributed by atoms with E-state index in [0.29, 0.717) is 31.0 Å². The molecule has 3 N–H and O–H groups in total. The molecule has 0 saturated carbocycles. The van der Waals surface area contributed by atoms with Crippen molar-refractivity contribution in [3.8, 4) is 0 Å². The molecule has 34 heavy (non-hydrogen) atoms. The molecule has 1 aliphatic rings. The Labute approximate surface area is 209 Å². The number of rotatable bonds is 7. The predicted molar refractivity (Wildman–Crippen MR) is 137 cm³/mol. The van der Waals surface area contributed by atoms with E-state index >= 15 is 0 Å². The molecule has 1 unspecified atom stereocenters. The van der Waals surface area contributed by atoms with Gasteiger partial charge in [-0.25, -0.2) is 23.0 Å². The predicted octanol–water partition coefficient (Wildman–Crippen LogP) is 3.97. The van der Waals surface area contributed by atoms with Crippen LogP contribution in [0.15, 0.2) is 83.8 Å². The first-order valence-electron chi connectivity index (χ1n) is 10.9. The second-order valence-electron chi connectivity index (χ2n) is 8.15. The number of sulfonamides is 1. The van der Waals surface area contributed by atoms with E-state index in [1.165, 1.54) is 12.1 Å². The van der Waals surface area contributed by atoms with Crippen LogP contribution in [-0.2, 0) is 28.8 Å². The number of thioether (sulfide) groups is 1. The molecule has 1 atom stereocenters. The summed E-state index contributed by atoms with van der Waals surface area (Å²) in [4.78, 5) is 1.72. The maximum atomic E-state index is 12.0. The molecule has 3 aromatic carbocycles. The van der Waals surface area contributed by atoms with Crippen LogP contribution in [0.1, 0.15) is 23.6 Å². The highest BCUT2D eigenvalue weighted by molar-refractivity contribution is 8.13. The van der Waals surface area contributed by atoms with Gasteiger partial charge in [-0.1, -0.05) is 78.3 Å². The average Bonchev–Trinajstić information content (AvgIpc) is 3.17. The van der Waals surface area contributed by atoms with Crippen molar-refractivity contribution in [3.05, 3.63) is 101 Å². The van der Waals surface area contributed by atoms with Crippen LogP contribution in [0.5, 0.6) is 0 Å². The van der Waals surface area contributed by atoms with Gasteiger partial charge in [-0.05, 0) is 41.9 Å². The molecule has 0 aromatic heterocycles. The Balaban J connectivity index is 1.79. The highest BCUT2D eigenvalue weighted by Gasteiger charge is 2.51. The normalized spacial score (nSPS) is 18.4. The third-order valence-electron chi connectivity index (χ3n) is 5.80. The number of nitrogens with zero attached hydrogens (tertiary/aromatic N) is 2. The lowest BCUT2D eigenvalue weighted by Crippen LogP contribution is -2.47. The van der Waals surface area contributed by atoms with E-state index < -0.39 is 15.7 Å². The second-order valence-corrected chi connectivity index (χ2v) is 11.0. The zero-order valence-corrected chi connectivity index (χ0v) is 21.2. The number of nitrogens with two attached hydrogens (primary N) is 1. The van der Waals surface area contributed by atoms with Crippen molar-refractivity contribution in [1.29, 1.82) is 0 Å². The first-order valence-corrected chi connectivity index (χ1v) is 13.8. The van der Waals surface area contributed by atoms with Gasteiger partial charge in [0.25, 0.3) is 0 Å². The fourth-order valence-corrected chi connectivity index (χ4v) is 6.62. The van der Waals surface area contributed by atoms with Gasteiger partial charge in [0, 0.05) is 5.56 Å². The summed E-state index contributed by atoms with van der Waals surface area (Å²) in [5, 5.41) is 18.1. The van der Waals surface area contributed by atoms with Gasteiger partial charge >= 0.3 is 5.17 Å². The molecule has 6 nitrogen and oxygen atoms in total. The molecule has 1 saturated heterocycles. The van der Waals surface area contributed by atoms with Gasteiger partial charge in [0.2, 0.25) is 15.7 Å². The maximum Gasteiger partial charge on any atom is 0.311 e. The molecule has 1 heterocycles. The molecular formula is C25H27ClN3O3S2+. The lowest BCUT2D eigenvalue weighted by molar-refractivity contribution is -0.562. The summed E-state index contributed by atoms with van der Waals surface area (Å²) in [6.45, 7) is 3.81. The number of aliphatic hydroxyl groups is 1. The molecular weight excluding hydrogens is 490 g/mol. The lowest BCUT2D eigenvalue weighted by atomic mass is 10.0. The number of benzene rings is 3. The van der Waals surface area contributed by atoms with Gasteiger partial charge in [0.05, 0.1) is 17.3 Å². The molecule has 9 heteroatoms. The number of halogens is 1. The molecule has 3 aromatic rings. The van der Waals surface area contributed by atoms with Crippen LogP contribution < -0.4 is 5.14 Å². The van der Waals surface area contributed by atoms with E-state index in [4.69, 9.17) is 16.7 Å². The molecule has 0 radical (unpaired) electrons. The monoisotopic (exact) mass is 516 g/mol. The number of hydrogen-bond acceptors (Lipinski definition) is 4. The minimum absolute atomic E-state index is 0.0301. The van der Waals surface area contributed by atoms with E-state index in [0.717, 1.165) is 16.3 Å². The molecule has 1 fully saturated rings. The van der Waals surface area contributed by atoms with E-state index in [1.807, 2.05) is 48.2 Å². The van der Waals surface area contributed by atoms with Crippen LogP contribution in [0, 0.1) is 0 Å². The maximum absolute atomic E-state index is 12.0. The van der Waals surface area contributed by atoms with Crippen LogP contribution in [0.25, 0.3) is 0 Å². The third-order valence-corrected chi connectivity index (χ3v) is 8.48. The largest absolute Gasteiger partial charge is 0.349 e. The Bertz CT molecular complexity index is 1260. The highest BCUT2D eigenvalue weighted by Crippen LogP contribution is 2.40. The van der Waals surface area contributed by atoms with Crippen molar-refractivity contribution in [1.82, 2.24) is 4.90 Å². The van der Waals surface area contributed by atoms with Crippen LogP contribution in [0.3, 0.4) is 0 Å². The van der Waals surface area contributed by atoms with Crippen molar-refractivity contribution in [2.75, 3.05) is 12.3 Å². The fraction of sp³-hybridized carbons (Fsp3) is 0.240. The summed E-state index contributed by atoms with van der Waals surface area (Å²) in [5.41, 5.74) is 1.33. The van der Waals surface area contributed by atoms with Crippen molar-refractivity contribution < 1.29 is 18.1 Å². The fourth-order valence-electron chi connectivity index (χ4n) is 4.15. The first kappa shape index (κ1) is 24.8.